The van der Waals surface area contributed by atoms with Crippen molar-refractivity contribution >= 4 is 23.7 Å². The third-order valence-corrected chi connectivity index (χ3v) is 4.51. The Hall–Kier alpha value is -3.59. The van der Waals surface area contributed by atoms with Crippen LogP contribution in [0.3, 0.4) is 0 Å². The van der Waals surface area contributed by atoms with Crippen molar-refractivity contribution in [2.24, 2.45) is 4.99 Å². The molecule has 1 heterocycles. The van der Waals surface area contributed by atoms with Crippen molar-refractivity contribution in [3.63, 3.8) is 0 Å². The van der Waals surface area contributed by atoms with Crippen LogP contribution in [0.4, 0.5) is 0 Å². The molecule has 1 aliphatic rings. The molecule has 2 N–H and O–H groups in total. The summed E-state index contributed by atoms with van der Waals surface area (Å²) in [5.41, 5.74) is 12.8. The van der Waals surface area contributed by atoms with E-state index in [1.165, 1.54) is 16.7 Å². The highest BCUT2D eigenvalue weighted by molar-refractivity contribution is 6.04. The van der Waals surface area contributed by atoms with Crippen LogP contribution in [0.1, 0.15) is 27.8 Å². The first kappa shape index (κ1) is 16.9. The summed E-state index contributed by atoms with van der Waals surface area (Å²) < 4.78 is 0. The van der Waals surface area contributed by atoms with Crippen LogP contribution in [0.15, 0.2) is 90.4 Å². The standard InChI is InChI=1S/C24H21N3/c1-18-22-9-5-6-10-23(22)24(27-26-18)25-17-21-15-13-20(14-16-21)12-11-19-7-3-2-4-8-19/h2-16,26H,1,17H2,(H,25,27)/b12-11+. The summed E-state index contributed by atoms with van der Waals surface area (Å²) in [6, 6.07) is 26.9. The highest BCUT2D eigenvalue weighted by atomic mass is 15.4. The van der Waals surface area contributed by atoms with Gasteiger partial charge in [-0.05, 0) is 16.7 Å². The minimum absolute atomic E-state index is 0.619. The molecule has 3 aromatic rings. The normalized spacial score (nSPS) is 14.7. The van der Waals surface area contributed by atoms with E-state index in [1.807, 2.05) is 30.3 Å². The van der Waals surface area contributed by atoms with E-state index >= 15 is 0 Å². The third-order valence-electron chi connectivity index (χ3n) is 4.51. The Labute approximate surface area is 159 Å². The molecule has 0 aromatic heterocycles. The van der Waals surface area contributed by atoms with E-state index in [0.717, 1.165) is 22.7 Å². The maximum absolute atomic E-state index is 4.74. The Morgan fingerprint density at radius 3 is 2.07 bits per heavy atom. The molecule has 3 aromatic carbocycles. The molecule has 0 atom stereocenters. The lowest BCUT2D eigenvalue weighted by Gasteiger charge is -2.23. The zero-order chi connectivity index (χ0) is 18.5. The number of nitrogens with one attached hydrogen (secondary N) is 2. The van der Waals surface area contributed by atoms with Crippen molar-refractivity contribution in [2.45, 2.75) is 6.54 Å². The van der Waals surface area contributed by atoms with E-state index in [2.05, 4.69) is 78.1 Å². The highest BCUT2D eigenvalue weighted by Gasteiger charge is 2.16. The number of nitrogens with zero attached hydrogens (tertiary/aromatic N) is 1. The van der Waals surface area contributed by atoms with Crippen LogP contribution in [0.5, 0.6) is 0 Å². The van der Waals surface area contributed by atoms with Gasteiger partial charge < -0.3 is 0 Å². The first-order valence-electron chi connectivity index (χ1n) is 8.97. The molecule has 0 amide bonds. The van der Waals surface area contributed by atoms with Crippen LogP contribution < -0.4 is 10.9 Å². The summed E-state index contributed by atoms with van der Waals surface area (Å²) >= 11 is 0. The second-order valence-electron chi connectivity index (χ2n) is 6.42. The van der Waals surface area contributed by atoms with Crippen LogP contribution >= 0.6 is 0 Å². The summed E-state index contributed by atoms with van der Waals surface area (Å²) in [4.78, 5) is 4.74. The van der Waals surface area contributed by atoms with E-state index in [0.29, 0.717) is 6.54 Å². The summed E-state index contributed by atoms with van der Waals surface area (Å²) in [6.45, 7) is 4.64. The molecule has 0 radical (unpaired) electrons. The average molecular weight is 351 g/mol. The summed E-state index contributed by atoms with van der Waals surface area (Å²) in [7, 11) is 0. The lowest BCUT2D eigenvalue weighted by molar-refractivity contribution is 0.815. The quantitative estimate of drug-likeness (QED) is 0.657. The van der Waals surface area contributed by atoms with Crippen LogP contribution in [-0.4, -0.2) is 5.84 Å². The van der Waals surface area contributed by atoms with Crippen molar-refractivity contribution in [1.82, 2.24) is 10.9 Å². The van der Waals surface area contributed by atoms with Gasteiger partial charge in [-0.1, -0.05) is 97.6 Å². The summed E-state index contributed by atoms with van der Waals surface area (Å²) in [5, 5.41) is 0. The molecular formula is C24H21N3. The smallest absolute Gasteiger partial charge is 0.148 e. The van der Waals surface area contributed by atoms with Gasteiger partial charge in [-0.3, -0.25) is 15.8 Å². The molecule has 0 saturated heterocycles. The minimum atomic E-state index is 0.619. The largest absolute Gasteiger partial charge is 0.300 e. The molecule has 0 fully saturated rings. The van der Waals surface area contributed by atoms with Gasteiger partial charge in [0.15, 0.2) is 0 Å². The number of rotatable bonds is 4. The molecular weight excluding hydrogens is 330 g/mol. The first-order chi connectivity index (χ1) is 13.3. The molecule has 0 spiro atoms. The fourth-order valence-corrected chi connectivity index (χ4v) is 3.01. The first-order valence-corrected chi connectivity index (χ1v) is 8.97. The maximum atomic E-state index is 4.74. The molecule has 132 valence electrons. The number of amidine groups is 1. The Bertz CT molecular complexity index is 999. The van der Waals surface area contributed by atoms with Gasteiger partial charge in [-0.15, -0.1) is 0 Å². The molecule has 27 heavy (non-hydrogen) atoms. The Kier molecular flexibility index (Phi) is 4.84. The Morgan fingerprint density at radius 2 is 1.33 bits per heavy atom. The van der Waals surface area contributed by atoms with E-state index < -0.39 is 0 Å². The van der Waals surface area contributed by atoms with Gasteiger partial charge in [0.2, 0.25) is 0 Å². The van der Waals surface area contributed by atoms with Crippen molar-refractivity contribution in [1.29, 1.82) is 0 Å². The second kappa shape index (κ2) is 7.75. The lowest BCUT2D eigenvalue weighted by Crippen LogP contribution is -2.41. The summed E-state index contributed by atoms with van der Waals surface area (Å²) in [5.74, 6) is 0.839. The molecule has 0 unspecified atom stereocenters. The van der Waals surface area contributed by atoms with Crippen molar-refractivity contribution in [3.8, 4) is 0 Å². The molecule has 1 aliphatic heterocycles. The van der Waals surface area contributed by atoms with Gasteiger partial charge >= 0.3 is 0 Å². The third kappa shape index (κ3) is 3.98. The fourth-order valence-electron chi connectivity index (χ4n) is 3.01. The van der Waals surface area contributed by atoms with Gasteiger partial charge in [-0.2, -0.15) is 0 Å². The van der Waals surface area contributed by atoms with Crippen molar-refractivity contribution in [3.05, 3.63) is 113 Å². The van der Waals surface area contributed by atoms with Gasteiger partial charge in [0.05, 0.1) is 12.2 Å². The number of benzene rings is 3. The SMILES string of the molecule is C=C1NNC(=NCc2ccc(/C=C/c3ccccc3)cc2)c2ccccc21. The topological polar surface area (TPSA) is 36.4 Å². The molecule has 0 saturated carbocycles. The second-order valence-corrected chi connectivity index (χ2v) is 6.42. The highest BCUT2D eigenvalue weighted by Crippen LogP contribution is 2.19. The number of fused-ring (bicyclic) bond motifs is 1. The van der Waals surface area contributed by atoms with Crippen LogP contribution in [0.2, 0.25) is 0 Å². The van der Waals surface area contributed by atoms with Crippen molar-refractivity contribution < 1.29 is 0 Å². The molecule has 0 bridgehead atoms. The number of hydrogen-bond donors (Lipinski definition) is 2. The summed E-state index contributed by atoms with van der Waals surface area (Å²) in [6.07, 6.45) is 4.25. The van der Waals surface area contributed by atoms with E-state index in [4.69, 9.17) is 4.99 Å². The van der Waals surface area contributed by atoms with Gasteiger partial charge in [0, 0.05) is 11.1 Å². The Morgan fingerprint density at radius 1 is 0.704 bits per heavy atom. The minimum Gasteiger partial charge on any atom is -0.300 e. The van der Waals surface area contributed by atoms with Crippen LogP contribution in [0.25, 0.3) is 17.8 Å². The van der Waals surface area contributed by atoms with E-state index in [-0.39, 0.29) is 0 Å². The number of aliphatic imine (C=N–C) groups is 1. The Balaban J connectivity index is 1.46. The fraction of sp³-hybridized carbons (Fsp3) is 0.0417. The maximum Gasteiger partial charge on any atom is 0.148 e. The van der Waals surface area contributed by atoms with Gasteiger partial charge in [0.25, 0.3) is 0 Å². The molecule has 3 heteroatoms. The van der Waals surface area contributed by atoms with Crippen molar-refractivity contribution in [2.75, 3.05) is 0 Å². The average Bonchev–Trinajstić information content (AvgIpc) is 2.73. The van der Waals surface area contributed by atoms with Crippen LogP contribution in [0, 0.1) is 0 Å². The number of hydrogen-bond acceptors (Lipinski definition) is 2. The zero-order valence-corrected chi connectivity index (χ0v) is 15.0. The van der Waals surface area contributed by atoms with E-state index in [1.54, 1.807) is 0 Å². The lowest BCUT2D eigenvalue weighted by atomic mass is 10.0. The van der Waals surface area contributed by atoms with E-state index in [9.17, 15) is 0 Å². The molecule has 3 nitrogen and oxygen atoms in total. The number of hydrazine groups is 1. The molecule has 0 aliphatic carbocycles. The van der Waals surface area contributed by atoms with Gasteiger partial charge in [-0.25, -0.2) is 0 Å². The predicted molar refractivity (Wildman–Crippen MR) is 114 cm³/mol. The monoisotopic (exact) mass is 351 g/mol. The zero-order valence-electron chi connectivity index (χ0n) is 15.0. The van der Waals surface area contributed by atoms with Crippen LogP contribution in [-0.2, 0) is 6.54 Å². The predicted octanol–water partition coefficient (Wildman–Crippen LogP) is 4.88. The van der Waals surface area contributed by atoms with Gasteiger partial charge in [0.1, 0.15) is 5.84 Å². The molecule has 4 rings (SSSR count).